The molecule has 1 saturated heterocycles. The molecule has 3 rings (SSSR count). The number of rotatable bonds is 6. The van der Waals surface area contributed by atoms with Gasteiger partial charge in [-0.1, -0.05) is 33.6 Å². The van der Waals surface area contributed by atoms with Gasteiger partial charge in [-0.25, -0.2) is 9.69 Å². The van der Waals surface area contributed by atoms with Crippen LogP contribution in [0.1, 0.15) is 5.56 Å². The van der Waals surface area contributed by atoms with Gasteiger partial charge in [-0.15, -0.1) is 0 Å². The van der Waals surface area contributed by atoms with Gasteiger partial charge in [0, 0.05) is 9.50 Å². The Morgan fingerprint density at radius 1 is 1.28 bits per heavy atom. The van der Waals surface area contributed by atoms with Crippen molar-refractivity contribution in [2.75, 3.05) is 18.6 Å². The Labute approximate surface area is 183 Å². The lowest BCUT2D eigenvalue weighted by Gasteiger charge is -2.13. The van der Waals surface area contributed by atoms with E-state index in [0.29, 0.717) is 20.7 Å². The highest BCUT2D eigenvalue weighted by Gasteiger charge is 2.36. The van der Waals surface area contributed by atoms with Gasteiger partial charge in [0.15, 0.2) is 18.1 Å². The Hall–Kier alpha value is -2.49. The zero-order valence-electron chi connectivity index (χ0n) is 14.8. The van der Waals surface area contributed by atoms with Crippen molar-refractivity contribution in [1.29, 1.82) is 0 Å². The van der Waals surface area contributed by atoms with Crippen LogP contribution in [0.15, 0.2) is 45.8 Å². The van der Waals surface area contributed by atoms with Gasteiger partial charge >= 0.3 is 5.97 Å². The van der Waals surface area contributed by atoms with Crippen molar-refractivity contribution in [1.82, 2.24) is 0 Å². The second kappa shape index (κ2) is 8.89. The fraction of sp³-hybridized carbons (Fsp3) is 0.105. The van der Waals surface area contributed by atoms with Gasteiger partial charge < -0.3 is 14.6 Å². The third kappa shape index (κ3) is 4.75. The normalized spacial score (nSPS) is 15.1. The number of benzene rings is 2. The summed E-state index contributed by atoms with van der Waals surface area (Å²) < 4.78 is 11.0. The molecule has 0 saturated carbocycles. The van der Waals surface area contributed by atoms with E-state index in [-0.39, 0.29) is 16.4 Å². The third-order valence-electron chi connectivity index (χ3n) is 3.78. The number of carboxylic acid groups (broad SMARTS) is 1. The fourth-order valence-electron chi connectivity index (χ4n) is 2.52. The van der Waals surface area contributed by atoms with Crippen LogP contribution in [0.4, 0.5) is 10.5 Å². The number of anilines is 1. The summed E-state index contributed by atoms with van der Waals surface area (Å²) in [5, 5.41) is 8.74. The smallest absolute Gasteiger partial charge is 0.341 e. The Bertz CT molecular complexity index is 1040. The quantitative estimate of drug-likeness (QED) is 0.571. The number of ether oxygens (including phenoxy) is 2. The summed E-state index contributed by atoms with van der Waals surface area (Å²) >= 11 is 10.1. The first kappa shape index (κ1) is 21.2. The number of carbonyl (C=O) groups is 3. The third-order valence-corrected chi connectivity index (χ3v) is 5.57. The largest absolute Gasteiger partial charge is 0.493 e. The zero-order valence-corrected chi connectivity index (χ0v) is 18.0. The second-order valence-corrected chi connectivity index (χ2v) is 7.99. The minimum absolute atomic E-state index is 0.219. The zero-order chi connectivity index (χ0) is 21.1. The lowest BCUT2D eigenvalue weighted by atomic mass is 10.1. The van der Waals surface area contributed by atoms with Crippen molar-refractivity contribution in [2.24, 2.45) is 0 Å². The molecule has 1 aliphatic heterocycles. The van der Waals surface area contributed by atoms with E-state index in [0.717, 1.165) is 16.7 Å². The van der Waals surface area contributed by atoms with Crippen LogP contribution in [0.3, 0.4) is 0 Å². The first-order chi connectivity index (χ1) is 13.8. The Balaban J connectivity index is 1.92. The number of carboxylic acids is 1. The standard InChI is InChI=1S/C19H13BrClNO6S/c1-27-14-5-10(13(20)8-15(14)28-9-17(23)24)6-16-18(25)22(19(26)29-16)12-4-2-3-11(21)7-12/h2-8H,9H2,1H3,(H,23,24). The summed E-state index contributed by atoms with van der Waals surface area (Å²) in [6, 6.07) is 9.58. The Morgan fingerprint density at radius 3 is 2.69 bits per heavy atom. The van der Waals surface area contributed by atoms with Crippen LogP contribution >= 0.6 is 39.3 Å². The van der Waals surface area contributed by atoms with E-state index in [9.17, 15) is 14.4 Å². The molecule has 0 spiro atoms. The number of imide groups is 1. The van der Waals surface area contributed by atoms with E-state index in [1.807, 2.05) is 0 Å². The number of methoxy groups -OCH3 is 1. The van der Waals surface area contributed by atoms with Crippen molar-refractivity contribution in [3.05, 3.63) is 56.4 Å². The maximum absolute atomic E-state index is 12.8. The van der Waals surface area contributed by atoms with E-state index in [2.05, 4.69) is 15.9 Å². The number of nitrogens with zero attached hydrogens (tertiary/aromatic N) is 1. The van der Waals surface area contributed by atoms with Crippen LogP contribution < -0.4 is 14.4 Å². The Kier molecular flexibility index (Phi) is 6.51. The van der Waals surface area contributed by atoms with Gasteiger partial charge in [0.1, 0.15) is 0 Å². The molecule has 1 N–H and O–H groups in total. The summed E-state index contributed by atoms with van der Waals surface area (Å²) in [4.78, 5) is 37.1. The molecule has 0 aromatic heterocycles. The molecule has 0 radical (unpaired) electrons. The molecule has 1 fully saturated rings. The van der Waals surface area contributed by atoms with Gasteiger partial charge in [0.25, 0.3) is 11.1 Å². The predicted molar refractivity (Wildman–Crippen MR) is 114 cm³/mol. The summed E-state index contributed by atoms with van der Waals surface area (Å²) in [7, 11) is 1.41. The molecule has 0 unspecified atom stereocenters. The maximum atomic E-state index is 12.8. The molecule has 1 aliphatic rings. The number of carbonyl (C=O) groups excluding carboxylic acids is 2. The number of hydrogen-bond donors (Lipinski definition) is 1. The molecule has 1 heterocycles. The highest BCUT2D eigenvalue weighted by atomic mass is 79.9. The maximum Gasteiger partial charge on any atom is 0.341 e. The number of aliphatic carboxylic acids is 1. The average molecular weight is 499 g/mol. The molecular weight excluding hydrogens is 486 g/mol. The number of hydrogen-bond acceptors (Lipinski definition) is 6. The molecule has 29 heavy (non-hydrogen) atoms. The summed E-state index contributed by atoms with van der Waals surface area (Å²) in [5.74, 6) is -1.08. The minimum atomic E-state index is -1.12. The predicted octanol–water partition coefficient (Wildman–Crippen LogP) is 4.82. The fourth-order valence-corrected chi connectivity index (χ4v) is 3.97. The van der Waals surface area contributed by atoms with Crippen LogP contribution in [0, 0.1) is 0 Å². The molecule has 2 amide bonds. The highest BCUT2D eigenvalue weighted by Crippen LogP contribution is 2.39. The van der Waals surface area contributed by atoms with E-state index in [4.69, 9.17) is 26.2 Å². The lowest BCUT2D eigenvalue weighted by molar-refractivity contribution is -0.139. The number of thioether (sulfide) groups is 1. The van der Waals surface area contributed by atoms with E-state index in [1.165, 1.54) is 19.2 Å². The van der Waals surface area contributed by atoms with Crippen LogP contribution in [0.25, 0.3) is 6.08 Å². The van der Waals surface area contributed by atoms with Crippen molar-refractivity contribution in [3.8, 4) is 11.5 Å². The van der Waals surface area contributed by atoms with Crippen LogP contribution in [0.5, 0.6) is 11.5 Å². The van der Waals surface area contributed by atoms with Crippen molar-refractivity contribution in [2.45, 2.75) is 0 Å². The monoisotopic (exact) mass is 497 g/mol. The van der Waals surface area contributed by atoms with Crippen LogP contribution in [-0.2, 0) is 9.59 Å². The second-order valence-electron chi connectivity index (χ2n) is 5.70. The van der Waals surface area contributed by atoms with Crippen LogP contribution in [0.2, 0.25) is 5.02 Å². The minimum Gasteiger partial charge on any atom is -0.493 e. The first-order valence-corrected chi connectivity index (χ1v) is 10.0. The molecule has 7 nitrogen and oxygen atoms in total. The van der Waals surface area contributed by atoms with Gasteiger partial charge in [0.2, 0.25) is 0 Å². The highest BCUT2D eigenvalue weighted by molar-refractivity contribution is 9.10. The summed E-state index contributed by atoms with van der Waals surface area (Å²) in [5.41, 5.74) is 0.943. The first-order valence-electron chi connectivity index (χ1n) is 8.06. The number of halogens is 2. The van der Waals surface area contributed by atoms with Gasteiger partial charge in [-0.3, -0.25) is 9.59 Å². The van der Waals surface area contributed by atoms with E-state index in [1.54, 1.807) is 30.3 Å². The molecular formula is C19H13BrClNO6S. The van der Waals surface area contributed by atoms with Gasteiger partial charge in [-0.2, -0.15) is 0 Å². The average Bonchev–Trinajstić information content (AvgIpc) is 2.94. The van der Waals surface area contributed by atoms with Crippen LogP contribution in [-0.4, -0.2) is 35.9 Å². The summed E-state index contributed by atoms with van der Waals surface area (Å²) in [6.45, 7) is -0.527. The molecule has 0 bridgehead atoms. The summed E-state index contributed by atoms with van der Waals surface area (Å²) in [6.07, 6.45) is 1.54. The van der Waals surface area contributed by atoms with Crippen molar-refractivity contribution >= 4 is 68.2 Å². The van der Waals surface area contributed by atoms with E-state index >= 15 is 0 Å². The van der Waals surface area contributed by atoms with Gasteiger partial charge in [-0.05, 0) is 53.7 Å². The molecule has 10 heteroatoms. The van der Waals surface area contributed by atoms with E-state index < -0.39 is 23.7 Å². The topological polar surface area (TPSA) is 93.1 Å². The molecule has 0 atom stereocenters. The SMILES string of the molecule is COc1cc(C=C2SC(=O)N(c3cccc(Cl)c3)C2=O)c(Br)cc1OCC(=O)O. The number of amides is 2. The van der Waals surface area contributed by atoms with Crippen molar-refractivity contribution < 1.29 is 29.0 Å². The molecule has 2 aromatic carbocycles. The molecule has 2 aromatic rings. The van der Waals surface area contributed by atoms with Gasteiger partial charge in [0.05, 0.1) is 17.7 Å². The Morgan fingerprint density at radius 2 is 2.03 bits per heavy atom. The molecule has 150 valence electrons. The molecule has 0 aliphatic carbocycles. The van der Waals surface area contributed by atoms with Crippen molar-refractivity contribution in [3.63, 3.8) is 0 Å². The lowest BCUT2D eigenvalue weighted by Crippen LogP contribution is -2.27.